The molecule has 0 spiro atoms. The lowest BCUT2D eigenvalue weighted by atomic mass is 10.1. The number of ether oxygens (including phenoxy) is 1. The lowest BCUT2D eigenvalue weighted by Gasteiger charge is -2.12. The molecule has 24 heavy (non-hydrogen) atoms. The van der Waals surface area contributed by atoms with E-state index >= 15 is 0 Å². The third-order valence-corrected chi connectivity index (χ3v) is 4.55. The van der Waals surface area contributed by atoms with Gasteiger partial charge >= 0.3 is 0 Å². The van der Waals surface area contributed by atoms with Crippen LogP contribution in [0.5, 0.6) is 5.75 Å². The minimum Gasteiger partial charge on any atom is -0.496 e. The van der Waals surface area contributed by atoms with Crippen LogP contribution in [-0.4, -0.2) is 23.2 Å². The quantitative estimate of drug-likeness (QED) is 0.696. The lowest BCUT2D eigenvalue weighted by molar-refractivity contribution is 0.416. The summed E-state index contributed by atoms with van der Waals surface area (Å²) < 4.78 is 7.85. The monoisotopic (exact) mass is 323 g/mol. The van der Waals surface area contributed by atoms with Crippen molar-refractivity contribution in [3.8, 4) is 17.1 Å². The van der Waals surface area contributed by atoms with Crippen molar-refractivity contribution in [2.75, 3.05) is 13.7 Å². The highest BCUT2D eigenvalue weighted by molar-refractivity contribution is 5.83. The predicted molar refractivity (Wildman–Crippen MR) is 99.5 cm³/mol. The summed E-state index contributed by atoms with van der Waals surface area (Å²) in [6.45, 7) is 5.90. The molecule has 0 saturated heterocycles. The molecule has 3 aromatic rings. The van der Waals surface area contributed by atoms with Gasteiger partial charge in [-0.25, -0.2) is 4.98 Å². The summed E-state index contributed by atoms with van der Waals surface area (Å²) in [4.78, 5) is 4.92. The normalized spacial score (nSPS) is 11.2. The second-order valence-corrected chi connectivity index (χ2v) is 6.21. The standard InChI is InChI=1S/C20H25N3O/c1-14-12-17-18(13-15(14)2)23(11-7-6-10-21)20(22-17)16-8-4-5-9-19(16)24-3/h4-5,8-9,12-13H,6-7,10-11,21H2,1-3H3. The number of hydrogen-bond acceptors (Lipinski definition) is 3. The maximum atomic E-state index is 5.67. The molecule has 0 radical (unpaired) electrons. The zero-order valence-electron chi connectivity index (χ0n) is 14.7. The Labute approximate surface area is 143 Å². The van der Waals surface area contributed by atoms with E-state index in [1.165, 1.54) is 16.6 Å². The third-order valence-electron chi connectivity index (χ3n) is 4.55. The number of aromatic nitrogens is 2. The Kier molecular flexibility index (Phi) is 4.86. The molecule has 2 aromatic carbocycles. The van der Waals surface area contributed by atoms with Crippen molar-refractivity contribution in [2.24, 2.45) is 5.73 Å². The summed E-state index contributed by atoms with van der Waals surface area (Å²) in [6.07, 6.45) is 2.05. The first-order chi connectivity index (χ1) is 11.7. The number of benzene rings is 2. The van der Waals surface area contributed by atoms with E-state index < -0.39 is 0 Å². The van der Waals surface area contributed by atoms with Gasteiger partial charge in [0.05, 0.1) is 23.7 Å². The largest absolute Gasteiger partial charge is 0.496 e. The van der Waals surface area contributed by atoms with Crippen LogP contribution in [0.1, 0.15) is 24.0 Å². The van der Waals surface area contributed by atoms with E-state index in [0.717, 1.165) is 48.6 Å². The summed E-state index contributed by atoms with van der Waals surface area (Å²) >= 11 is 0. The summed E-state index contributed by atoms with van der Waals surface area (Å²) in [5, 5.41) is 0. The maximum Gasteiger partial charge on any atom is 0.144 e. The van der Waals surface area contributed by atoms with Crippen molar-refractivity contribution in [3.05, 3.63) is 47.5 Å². The van der Waals surface area contributed by atoms with Gasteiger partial charge in [-0.2, -0.15) is 0 Å². The molecule has 0 amide bonds. The topological polar surface area (TPSA) is 53.1 Å². The Morgan fingerprint density at radius 2 is 1.83 bits per heavy atom. The summed E-state index contributed by atoms with van der Waals surface area (Å²) in [7, 11) is 1.70. The molecular weight excluding hydrogens is 298 g/mol. The van der Waals surface area contributed by atoms with Gasteiger partial charge in [0.25, 0.3) is 0 Å². The smallest absolute Gasteiger partial charge is 0.144 e. The summed E-state index contributed by atoms with van der Waals surface area (Å²) in [5.74, 6) is 1.81. The number of unbranched alkanes of at least 4 members (excludes halogenated alkanes) is 1. The van der Waals surface area contributed by atoms with Crippen LogP contribution in [0.4, 0.5) is 0 Å². The Morgan fingerprint density at radius 3 is 2.58 bits per heavy atom. The van der Waals surface area contributed by atoms with Gasteiger partial charge in [-0.3, -0.25) is 0 Å². The molecule has 2 N–H and O–H groups in total. The van der Waals surface area contributed by atoms with Crippen LogP contribution in [0.2, 0.25) is 0 Å². The van der Waals surface area contributed by atoms with Gasteiger partial charge in [0.2, 0.25) is 0 Å². The van der Waals surface area contributed by atoms with Gasteiger partial charge in [0.1, 0.15) is 11.6 Å². The Morgan fingerprint density at radius 1 is 1.08 bits per heavy atom. The molecule has 0 fully saturated rings. The molecule has 0 saturated carbocycles. The Bertz CT molecular complexity index is 851. The Hall–Kier alpha value is -2.33. The molecule has 3 rings (SSSR count). The van der Waals surface area contributed by atoms with Crippen LogP contribution in [0.3, 0.4) is 0 Å². The molecule has 4 heteroatoms. The molecule has 0 aliphatic rings. The number of fused-ring (bicyclic) bond motifs is 1. The molecule has 1 heterocycles. The van der Waals surface area contributed by atoms with Crippen molar-refractivity contribution in [2.45, 2.75) is 33.2 Å². The predicted octanol–water partition coefficient (Wildman–Crippen LogP) is 4.07. The minimum absolute atomic E-state index is 0.717. The highest BCUT2D eigenvalue weighted by atomic mass is 16.5. The molecule has 0 aliphatic heterocycles. The van der Waals surface area contributed by atoms with Gasteiger partial charge in [-0.05, 0) is 68.6 Å². The Balaban J connectivity index is 2.19. The average molecular weight is 323 g/mol. The molecule has 0 unspecified atom stereocenters. The number of imidazole rings is 1. The third kappa shape index (κ3) is 3.02. The van der Waals surface area contributed by atoms with Crippen molar-refractivity contribution < 1.29 is 4.74 Å². The van der Waals surface area contributed by atoms with E-state index in [2.05, 4.69) is 36.6 Å². The van der Waals surface area contributed by atoms with Crippen LogP contribution < -0.4 is 10.5 Å². The van der Waals surface area contributed by atoms with Crippen molar-refractivity contribution in [3.63, 3.8) is 0 Å². The first kappa shape index (κ1) is 16.5. The zero-order chi connectivity index (χ0) is 17.1. The van der Waals surface area contributed by atoms with E-state index in [0.29, 0.717) is 0 Å². The van der Waals surface area contributed by atoms with Crippen LogP contribution in [0.15, 0.2) is 36.4 Å². The van der Waals surface area contributed by atoms with Gasteiger partial charge in [-0.1, -0.05) is 12.1 Å². The van der Waals surface area contributed by atoms with Gasteiger partial charge in [0, 0.05) is 6.54 Å². The molecule has 0 atom stereocenters. The molecule has 0 aliphatic carbocycles. The highest BCUT2D eigenvalue weighted by Crippen LogP contribution is 2.32. The molecular formula is C20H25N3O. The van der Waals surface area contributed by atoms with E-state index in [4.69, 9.17) is 15.5 Å². The number of para-hydroxylation sites is 1. The van der Waals surface area contributed by atoms with Crippen molar-refractivity contribution in [1.29, 1.82) is 0 Å². The molecule has 4 nitrogen and oxygen atoms in total. The van der Waals surface area contributed by atoms with Gasteiger partial charge in [-0.15, -0.1) is 0 Å². The van der Waals surface area contributed by atoms with E-state index in [9.17, 15) is 0 Å². The van der Waals surface area contributed by atoms with Crippen molar-refractivity contribution in [1.82, 2.24) is 9.55 Å². The number of methoxy groups -OCH3 is 1. The molecule has 1 aromatic heterocycles. The van der Waals surface area contributed by atoms with E-state index in [-0.39, 0.29) is 0 Å². The molecule has 0 bridgehead atoms. The highest BCUT2D eigenvalue weighted by Gasteiger charge is 2.16. The fourth-order valence-electron chi connectivity index (χ4n) is 3.06. The summed E-state index contributed by atoms with van der Waals surface area (Å²) in [5.41, 5.74) is 11.5. The minimum atomic E-state index is 0.717. The number of aryl methyl sites for hydroxylation is 3. The van der Waals surface area contributed by atoms with Crippen LogP contribution >= 0.6 is 0 Å². The summed E-state index contributed by atoms with van der Waals surface area (Å²) in [6, 6.07) is 12.5. The van der Waals surface area contributed by atoms with Crippen LogP contribution in [0, 0.1) is 13.8 Å². The zero-order valence-corrected chi connectivity index (χ0v) is 14.7. The number of hydrogen-bond donors (Lipinski definition) is 1. The first-order valence-corrected chi connectivity index (χ1v) is 8.46. The van der Waals surface area contributed by atoms with Crippen molar-refractivity contribution >= 4 is 11.0 Å². The number of nitrogens with two attached hydrogens (primary N) is 1. The fourth-order valence-corrected chi connectivity index (χ4v) is 3.06. The fraction of sp³-hybridized carbons (Fsp3) is 0.350. The maximum absolute atomic E-state index is 5.67. The molecule has 126 valence electrons. The van der Waals surface area contributed by atoms with Crippen LogP contribution in [-0.2, 0) is 6.54 Å². The number of nitrogens with zero attached hydrogens (tertiary/aromatic N) is 2. The second-order valence-electron chi connectivity index (χ2n) is 6.21. The SMILES string of the molecule is COc1ccccc1-c1nc2cc(C)c(C)cc2n1CCCCN. The first-order valence-electron chi connectivity index (χ1n) is 8.46. The average Bonchev–Trinajstić information content (AvgIpc) is 2.93. The van der Waals surface area contributed by atoms with E-state index in [1.807, 2.05) is 18.2 Å². The number of rotatable bonds is 6. The lowest BCUT2D eigenvalue weighted by Crippen LogP contribution is -2.05. The van der Waals surface area contributed by atoms with Gasteiger partial charge in [0.15, 0.2) is 0 Å². The van der Waals surface area contributed by atoms with Gasteiger partial charge < -0.3 is 15.0 Å². The van der Waals surface area contributed by atoms with E-state index in [1.54, 1.807) is 7.11 Å². The van der Waals surface area contributed by atoms with Crippen LogP contribution in [0.25, 0.3) is 22.4 Å². The second kappa shape index (κ2) is 7.05.